The van der Waals surface area contributed by atoms with E-state index in [2.05, 4.69) is 27.8 Å². The molecular formula is C31H34FN3O4. The van der Waals surface area contributed by atoms with Gasteiger partial charge in [-0.3, -0.25) is 9.59 Å². The maximum Gasteiger partial charge on any atom is 0.243 e. The van der Waals surface area contributed by atoms with Crippen LogP contribution in [-0.2, 0) is 21.5 Å². The summed E-state index contributed by atoms with van der Waals surface area (Å²) in [7, 11) is 0. The summed E-state index contributed by atoms with van der Waals surface area (Å²) >= 11 is 0. The zero-order valence-corrected chi connectivity index (χ0v) is 21.8. The predicted molar refractivity (Wildman–Crippen MR) is 146 cm³/mol. The van der Waals surface area contributed by atoms with Crippen LogP contribution in [0.1, 0.15) is 55.2 Å². The number of hydrogen-bond acceptors (Lipinski definition) is 5. The molecule has 8 heteroatoms. The SMILES string of the molecule is C#CCC1NC(=O)CCCCOc2ccc(cc2F)CC(C(O)CNC2(c3cccc(C#C)c3)CC2)NC1=O. The number of fused-ring (bicyclic) bond motifs is 13. The van der Waals surface area contributed by atoms with Crippen LogP contribution in [0.2, 0.25) is 0 Å². The summed E-state index contributed by atoms with van der Waals surface area (Å²) in [5.74, 6) is 3.88. The van der Waals surface area contributed by atoms with E-state index < -0.39 is 29.9 Å². The normalized spacial score (nSPS) is 21.9. The van der Waals surface area contributed by atoms with Gasteiger partial charge < -0.3 is 25.8 Å². The van der Waals surface area contributed by atoms with Crippen molar-refractivity contribution in [3.63, 3.8) is 0 Å². The summed E-state index contributed by atoms with van der Waals surface area (Å²) in [4.78, 5) is 25.7. The van der Waals surface area contributed by atoms with Crippen molar-refractivity contribution in [1.82, 2.24) is 16.0 Å². The maximum absolute atomic E-state index is 14.7. The Kier molecular flexibility index (Phi) is 9.24. The number of benzene rings is 2. The molecule has 2 bridgehead atoms. The Hall–Kier alpha value is -3.85. The second-order valence-corrected chi connectivity index (χ2v) is 10.2. The number of aliphatic hydroxyl groups is 1. The Balaban J connectivity index is 1.54. The Bertz CT molecular complexity index is 1280. The van der Waals surface area contributed by atoms with Crippen molar-refractivity contribution in [3.05, 3.63) is 65.0 Å². The molecule has 3 atom stereocenters. The predicted octanol–water partition coefficient (Wildman–Crippen LogP) is 2.54. The molecule has 2 aromatic carbocycles. The summed E-state index contributed by atoms with van der Waals surface area (Å²) in [5, 5.41) is 20.3. The van der Waals surface area contributed by atoms with Gasteiger partial charge >= 0.3 is 0 Å². The highest BCUT2D eigenvalue weighted by Gasteiger charge is 2.44. The zero-order chi connectivity index (χ0) is 27.8. The first-order chi connectivity index (χ1) is 18.8. The van der Waals surface area contributed by atoms with Crippen LogP contribution in [0.3, 0.4) is 0 Å². The van der Waals surface area contributed by atoms with E-state index in [1.807, 2.05) is 24.3 Å². The monoisotopic (exact) mass is 531 g/mol. The van der Waals surface area contributed by atoms with Crippen molar-refractivity contribution < 1.29 is 23.8 Å². The standard InChI is InChI=1S/C31H34FN3O4/c1-3-8-25-30(38)35-26(27(36)20-33-31(14-15-31)23-10-7-9-21(4-2)17-23)19-22-12-13-28(24(32)18-22)39-16-6-5-11-29(37)34-25/h1-2,7,9-10,12-13,17-18,25-27,33,36H,5-6,8,11,14-16,19-20H2,(H,34,37)(H,35,38). The van der Waals surface area contributed by atoms with E-state index in [0.29, 0.717) is 18.4 Å². The molecule has 0 spiro atoms. The van der Waals surface area contributed by atoms with Gasteiger partial charge in [0, 0.05) is 30.5 Å². The average Bonchev–Trinajstić information content (AvgIpc) is 3.72. The van der Waals surface area contributed by atoms with E-state index >= 15 is 0 Å². The summed E-state index contributed by atoms with van der Waals surface area (Å²) in [5.41, 5.74) is 2.10. The quantitative estimate of drug-likeness (QED) is 0.430. The second kappa shape index (κ2) is 12.8. The molecule has 1 aliphatic carbocycles. The number of aliphatic hydroxyl groups excluding tert-OH is 1. The molecule has 3 unspecified atom stereocenters. The maximum atomic E-state index is 14.7. The molecule has 2 aromatic rings. The molecule has 5 rings (SSSR count). The van der Waals surface area contributed by atoms with Crippen LogP contribution in [0.25, 0.3) is 0 Å². The fraction of sp³-hybridized carbons (Fsp3) is 0.419. The summed E-state index contributed by atoms with van der Waals surface area (Å²) in [6, 6.07) is 10.6. The lowest BCUT2D eigenvalue weighted by atomic mass is 9.98. The zero-order valence-electron chi connectivity index (χ0n) is 21.8. The molecule has 2 heterocycles. The van der Waals surface area contributed by atoms with Crippen molar-refractivity contribution in [2.45, 2.75) is 68.7 Å². The van der Waals surface area contributed by atoms with E-state index in [1.54, 1.807) is 12.1 Å². The van der Waals surface area contributed by atoms with Crippen LogP contribution >= 0.6 is 0 Å². The number of rotatable bonds is 6. The molecule has 1 fully saturated rings. The fourth-order valence-electron chi connectivity index (χ4n) is 4.81. The lowest BCUT2D eigenvalue weighted by molar-refractivity contribution is -0.129. The average molecular weight is 532 g/mol. The Labute approximate surface area is 228 Å². The van der Waals surface area contributed by atoms with Crippen LogP contribution in [0.5, 0.6) is 5.75 Å². The number of hydrogen-bond donors (Lipinski definition) is 4. The third kappa shape index (κ3) is 7.38. The van der Waals surface area contributed by atoms with E-state index in [4.69, 9.17) is 17.6 Å². The molecule has 2 amide bonds. The van der Waals surface area contributed by atoms with Crippen molar-refractivity contribution in [2.24, 2.45) is 0 Å². The summed E-state index contributed by atoms with van der Waals surface area (Å²) in [6.07, 6.45) is 13.2. The first kappa shape index (κ1) is 28.2. The lowest BCUT2D eigenvalue weighted by Crippen LogP contribution is -2.55. The molecule has 0 aromatic heterocycles. The summed E-state index contributed by atoms with van der Waals surface area (Å²) < 4.78 is 20.3. The van der Waals surface area contributed by atoms with Gasteiger partial charge in [-0.25, -0.2) is 4.39 Å². The molecule has 2 aliphatic heterocycles. The topological polar surface area (TPSA) is 99.7 Å². The van der Waals surface area contributed by atoms with Gasteiger partial charge in [0.25, 0.3) is 0 Å². The molecule has 39 heavy (non-hydrogen) atoms. The molecule has 3 aliphatic rings. The van der Waals surface area contributed by atoms with E-state index in [-0.39, 0.29) is 49.6 Å². The minimum Gasteiger partial charge on any atom is -0.491 e. The molecular weight excluding hydrogens is 497 g/mol. The third-order valence-corrected chi connectivity index (χ3v) is 7.25. The van der Waals surface area contributed by atoms with Crippen LogP contribution < -0.4 is 20.7 Å². The fourth-order valence-corrected chi connectivity index (χ4v) is 4.81. The van der Waals surface area contributed by atoms with Crippen molar-refractivity contribution >= 4 is 11.8 Å². The highest BCUT2D eigenvalue weighted by molar-refractivity contribution is 5.88. The first-order valence-electron chi connectivity index (χ1n) is 13.3. The van der Waals surface area contributed by atoms with Gasteiger partial charge in [-0.05, 0) is 67.5 Å². The van der Waals surface area contributed by atoms with Gasteiger partial charge in [0.1, 0.15) is 6.04 Å². The molecule has 1 saturated carbocycles. The lowest BCUT2D eigenvalue weighted by Gasteiger charge is -2.29. The number of halogens is 1. The number of ether oxygens (including phenoxy) is 1. The molecule has 0 radical (unpaired) electrons. The van der Waals surface area contributed by atoms with E-state index in [9.17, 15) is 19.1 Å². The molecule has 204 valence electrons. The highest BCUT2D eigenvalue weighted by Crippen LogP contribution is 2.45. The number of terminal acetylenes is 2. The Morgan fingerprint density at radius 1 is 1.15 bits per heavy atom. The largest absolute Gasteiger partial charge is 0.491 e. The number of carbonyl (C=O) groups excluding carboxylic acids is 2. The third-order valence-electron chi connectivity index (χ3n) is 7.25. The van der Waals surface area contributed by atoms with Crippen molar-refractivity contribution in [2.75, 3.05) is 13.2 Å². The molecule has 4 N–H and O–H groups in total. The van der Waals surface area contributed by atoms with Crippen molar-refractivity contribution in [1.29, 1.82) is 0 Å². The van der Waals surface area contributed by atoms with Crippen LogP contribution in [-0.4, -0.2) is 48.3 Å². The van der Waals surface area contributed by atoms with Gasteiger partial charge in [0.2, 0.25) is 11.8 Å². The highest BCUT2D eigenvalue weighted by atomic mass is 19.1. The van der Waals surface area contributed by atoms with Crippen LogP contribution in [0, 0.1) is 30.5 Å². The smallest absolute Gasteiger partial charge is 0.243 e. The minimum absolute atomic E-state index is 0.000293. The Morgan fingerprint density at radius 2 is 1.97 bits per heavy atom. The second-order valence-electron chi connectivity index (χ2n) is 10.2. The first-order valence-corrected chi connectivity index (χ1v) is 13.3. The number of nitrogens with one attached hydrogen (secondary N) is 3. The van der Waals surface area contributed by atoms with Gasteiger partial charge in [0.15, 0.2) is 11.6 Å². The van der Waals surface area contributed by atoms with Gasteiger partial charge in [-0.2, -0.15) is 0 Å². The van der Waals surface area contributed by atoms with Crippen LogP contribution in [0.15, 0.2) is 42.5 Å². The molecule has 0 saturated heterocycles. The van der Waals surface area contributed by atoms with Crippen molar-refractivity contribution in [3.8, 4) is 30.4 Å². The summed E-state index contributed by atoms with van der Waals surface area (Å²) in [6.45, 7) is 0.428. The minimum atomic E-state index is -1.03. The van der Waals surface area contributed by atoms with E-state index in [0.717, 1.165) is 24.0 Å². The molecule has 7 nitrogen and oxygen atoms in total. The number of amides is 2. The van der Waals surface area contributed by atoms with Crippen LogP contribution in [0.4, 0.5) is 4.39 Å². The Morgan fingerprint density at radius 3 is 2.69 bits per heavy atom. The van der Waals surface area contributed by atoms with E-state index in [1.165, 1.54) is 6.07 Å². The van der Waals surface area contributed by atoms with Gasteiger partial charge in [-0.1, -0.05) is 24.1 Å². The number of carbonyl (C=O) groups is 2. The van der Waals surface area contributed by atoms with Gasteiger partial charge in [0.05, 0.1) is 18.8 Å². The van der Waals surface area contributed by atoms with Gasteiger partial charge in [-0.15, -0.1) is 18.8 Å².